The Kier molecular flexibility index (Phi) is 6.20. The zero-order valence-electron chi connectivity index (χ0n) is 10.0. The molecule has 0 aliphatic rings. The van der Waals surface area contributed by atoms with E-state index >= 15 is 0 Å². The number of carbonyl (C=O) groups excluding carboxylic acids is 1. The fourth-order valence-corrected chi connectivity index (χ4v) is 2.40. The van der Waals surface area contributed by atoms with Crippen molar-refractivity contribution in [2.24, 2.45) is 0 Å². The highest BCUT2D eigenvalue weighted by Crippen LogP contribution is 2.02. The van der Waals surface area contributed by atoms with Crippen LogP contribution in [0, 0.1) is 5.82 Å². The van der Waals surface area contributed by atoms with Crippen molar-refractivity contribution in [1.29, 1.82) is 0 Å². The van der Waals surface area contributed by atoms with Crippen LogP contribution < -0.4 is 10.0 Å². The highest BCUT2D eigenvalue weighted by molar-refractivity contribution is 7.89. The Labute approximate surface area is 116 Å². The first kappa shape index (κ1) is 15.9. The number of hydrogen-bond acceptors (Lipinski definition) is 3. The number of halogens is 2. The summed E-state index contributed by atoms with van der Waals surface area (Å²) in [4.78, 5) is 11.6. The third kappa shape index (κ3) is 6.00. The number of carbonyl (C=O) groups is 1. The summed E-state index contributed by atoms with van der Waals surface area (Å²) in [6.07, 6.45) is 0. The molecule has 0 aliphatic carbocycles. The first-order valence-electron chi connectivity index (χ1n) is 5.51. The molecule has 0 heterocycles. The van der Waals surface area contributed by atoms with Crippen LogP contribution in [0.1, 0.15) is 10.4 Å². The SMILES string of the molecule is O=C(NCCS(=O)(=O)NCCCl)c1ccc(F)cc1. The Morgan fingerprint density at radius 3 is 2.42 bits per heavy atom. The summed E-state index contributed by atoms with van der Waals surface area (Å²) in [7, 11) is -3.44. The largest absolute Gasteiger partial charge is 0.351 e. The predicted molar refractivity (Wildman–Crippen MR) is 71.2 cm³/mol. The van der Waals surface area contributed by atoms with Crippen molar-refractivity contribution in [3.63, 3.8) is 0 Å². The quantitative estimate of drug-likeness (QED) is 0.729. The number of rotatable bonds is 7. The van der Waals surface area contributed by atoms with Gasteiger partial charge in [0.05, 0.1) is 5.75 Å². The Balaban J connectivity index is 2.41. The molecular formula is C11H14ClFN2O3S. The maximum Gasteiger partial charge on any atom is 0.251 e. The molecule has 0 radical (unpaired) electrons. The maximum absolute atomic E-state index is 12.6. The molecule has 1 rings (SSSR count). The van der Waals surface area contributed by atoms with Gasteiger partial charge >= 0.3 is 0 Å². The molecule has 0 unspecified atom stereocenters. The van der Waals surface area contributed by atoms with E-state index in [-0.39, 0.29) is 30.3 Å². The third-order valence-electron chi connectivity index (χ3n) is 2.18. The van der Waals surface area contributed by atoms with Crippen LogP contribution in [-0.2, 0) is 10.0 Å². The number of benzene rings is 1. The van der Waals surface area contributed by atoms with Crippen LogP contribution in [0.5, 0.6) is 0 Å². The molecule has 0 aliphatic heterocycles. The topological polar surface area (TPSA) is 75.3 Å². The van der Waals surface area contributed by atoms with E-state index in [0.29, 0.717) is 0 Å². The van der Waals surface area contributed by atoms with E-state index in [2.05, 4.69) is 10.0 Å². The molecule has 0 saturated heterocycles. The molecule has 8 heteroatoms. The molecular weight excluding hydrogens is 295 g/mol. The number of sulfonamides is 1. The summed E-state index contributed by atoms with van der Waals surface area (Å²) in [5.41, 5.74) is 0.271. The van der Waals surface area contributed by atoms with Gasteiger partial charge in [0, 0.05) is 24.5 Å². The zero-order valence-corrected chi connectivity index (χ0v) is 11.6. The molecule has 2 N–H and O–H groups in total. The minimum absolute atomic E-state index is 0.0339. The fraction of sp³-hybridized carbons (Fsp3) is 0.364. The van der Waals surface area contributed by atoms with Crippen LogP contribution in [0.15, 0.2) is 24.3 Å². The van der Waals surface area contributed by atoms with Gasteiger partial charge in [-0.25, -0.2) is 17.5 Å². The van der Waals surface area contributed by atoms with Crippen LogP contribution in [0.3, 0.4) is 0 Å². The molecule has 5 nitrogen and oxygen atoms in total. The van der Waals surface area contributed by atoms with Gasteiger partial charge in [0.25, 0.3) is 5.91 Å². The monoisotopic (exact) mass is 308 g/mol. The van der Waals surface area contributed by atoms with Crippen molar-refractivity contribution in [2.45, 2.75) is 0 Å². The predicted octanol–water partition coefficient (Wildman–Crippen LogP) is 0.714. The Hall–Kier alpha value is -1.18. The van der Waals surface area contributed by atoms with E-state index in [9.17, 15) is 17.6 Å². The summed E-state index contributed by atoms with van der Waals surface area (Å²) in [5, 5.41) is 2.44. The summed E-state index contributed by atoms with van der Waals surface area (Å²) in [6.45, 7) is 0.115. The average Bonchev–Trinajstić information content (AvgIpc) is 2.37. The average molecular weight is 309 g/mol. The molecule has 0 atom stereocenters. The lowest BCUT2D eigenvalue weighted by Gasteiger charge is -2.07. The molecule has 1 aromatic rings. The van der Waals surface area contributed by atoms with E-state index in [4.69, 9.17) is 11.6 Å². The lowest BCUT2D eigenvalue weighted by atomic mass is 10.2. The smallest absolute Gasteiger partial charge is 0.251 e. The second-order valence-electron chi connectivity index (χ2n) is 3.66. The lowest BCUT2D eigenvalue weighted by molar-refractivity contribution is 0.0956. The van der Waals surface area contributed by atoms with Gasteiger partial charge in [0.2, 0.25) is 10.0 Å². The van der Waals surface area contributed by atoms with E-state index in [0.717, 1.165) is 12.1 Å². The zero-order chi connectivity index (χ0) is 14.3. The second-order valence-corrected chi connectivity index (χ2v) is 5.97. The van der Waals surface area contributed by atoms with Crippen molar-refractivity contribution < 1.29 is 17.6 Å². The van der Waals surface area contributed by atoms with Crippen LogP contribution in [0.25, 0.3) is 0 Å². The van der Waals surface area contributed by atoms with Crippen LogP contribution in [-0.4, -0.2) is 39.0 Å². The van der Waals surface area contributed by atoms with Gasteiger partial charge in [-0.2, -0.15) is 0 Å². The van der Waals surface area contributed by atoms with Crippen molar-refractivity contribution >= 4 is 27.5 Å². The molecule has 0 saturated carbocycles. The highest BCUT2D eigenvalue weighted by atomic mass is 35.5. The van der Waals surface area contributed by atoms with Crippen molar-refractivity contribution in [1.82, 2.24) is 10.0 Å². The van der Waals surface area contributed by atoms with Gasteiger partial charge in [-0.1, -0.05) is 0 Å². The van der Waals surface area contributed by atoms with Crippen molar-refractivity contribution in [3.05, 3.63) is 35.6 Å². The number of amides is 1. The minimum Gasteiger partial charge on any atom is -0.351 e. The summed E-state index contributed by atoms with van der Waals surface area (Å²) in [5.74, 6) is -0.949. The summed E-state index contributed by atoms with van der Waals surface area (Å²) < 4.78 is 37.7. The van der Waals surface area contributed by atoms with Crippen LogP contribution >= 0.6 is 11.6 Å². The van der Waals surface area contributed by atoms with Gasteiger partial charge in [-0.05, 0) is 24.3 Å². The van der Waals surface area contributed by atoms with E-state index in [1.807, 2.05) is 0 Å². The van der Waals surface area contributed by atoms with Gasteiger partial charge in [-0.3, -0.25) is 4.79 Å². The van der Waals surface area contributed by atoms with E-state index in [1.54, 1.807) is 0 Å². The Morgan fingerprint density at radius 2 is 1.84 bits per heavy atom. The van der Waals surface area contributed by atoms with Gasteiger partial charge in [-0.15, -0.1) is 11.6 Å². The fourth-order valence-electron chi connectivity index (χ4n) is 1.27. The second kappa shape index (κ2) is 7.42. The molecule has 1 aromatic carbocycles. The first-order chi connectivity index (χ1) is 8.94. The number of alkyl halides is 1. The molecule has 19 heavy (non-hydrogen) atoms. The van der Waals surface area contributed by atoms with Crippen molar-refractivity contribution in [3.8, 4) is 0 Å². The molecule has 0 spiro atoms. The molecule has 106 valence electrons. The number of nitrogens with one attached hydrogen (secondary N) is 2. The van der Waals surface area contributed by atoms with Gasteiger partial charge < -0.3 is 5.32 Å². The summed E-state index contributed by atoms with van der Waals surface area (Å²) in [6, 6.07) is 4.97. The number of hydrogen-bond donors (Lipinski definition) is 2. The lowest BCUT2D eigenvalue weighted by Crippen LogP contribution is -2.35. The highest BCUT2D eigenvalue weighted by Gasteiger charge is 2.10. The Bertz CT molecular complexity index is 519. The maximum atomic E-state index is 12.6. The molecule has 0 aromatic heterocycles. The van der Waals surface area contributed by atoms with Crippen LogP contribution in [0.2, 0.25) is 0 Å². The van der Waals surface area contributed by atoms with Crippen LogP contribution in [0.4, 0.5) is 4.39 Å². The van der Waals surface area contributed by atoms with E-state index < -0.39 is 21.7 Å². The first-order valence-corrected chi connectivity index (χ1v) is 7.70. The minimum atomic E-state index is -3.44. The molecule has 0 fully saturated rings. The molecule has 0 bridgehead atoms. The third-order valence-corrected chi connectivity index (χ3v) is 3.75. The van der Waals surface area contributed by atoms with Gasteiger partial charge in [0.15, 0.2) is 0 Å². The molecule has 1 amide bonds. The van der Waals surface area contributed by atoms with Crippen molar-refractivity contribution in [2.75, 3.05) is 24.7 Å². The Morgan fingerprint density at radius 1 is 1.21 bits per heavy atom. The normalized spacial score (nSPS) is 11.3. The van der Waals surface area contributed by atoms with Gasteiger partial charge in [0.1, 0.15) is 5.82 Å². The van der Waals surface area contributed by atoms with E-state index in [1.165, 1.54) is 12.1 Å². The standard InChI is InChI=1S/C11H14ClFN2O3S/c12-5-6-15-19(17,18)8-7-14-11(16)9-1-3-10(13)4-2-9/h1-4,15H,5-8H2,(H,14,16). The summed E-state index contributed by atoms with van der Waals surface area (Å²) >= 11 is 5.36.